The van der Waals surface area contributed by atoms with E-state index in [0.29, 0.717) is 13.1 Å². The number of likely N-dealkylation sites (tertiary alicyclic amines) is 1. The first-order chi connectivity index (χ1) is 7.72. The van der Waals surface area contributed by atoms with Gasteiger partial charge in [-0.2, -0.15) is 0 Å². The van der Waals surface area contributed by atoms with Crippen molar-refractivity contribution in [1.82, 2.24) is 4.90 Å². The highest BCUT2D eigenvalue weighted by molar-refractivity contribution is 5.19. The molecule has 16 heavy (non-hydrogen) atoms. The first kappa shape index (κ1) is 11.5. The molecule has 1 fully saturated rings. The molecule has 0 radical (unpaired) electrons. The van der Waals surface area contributed by atoms with Crippen LogP contribution in [-0.2, 0) is 6.54 Å². The molecule has 1 aromatic rings. The Morgan fingerprint density at radius 1 is 1.31 bits per heavy atom. The van der Waals surface area contributed by atoms with Crippen LogP contribution in [0.4, 0.5) is 8.78 Å². The molecule has 0 amide bonds. The van der Waals surface area contributed by atoms with Gasteiger partial charge in [0.25, 0.3) is 0 Å². The van der Waals surface area contributed by atoms with E-state index in [1.54, 1.807) is 0 Å². The summed E-state index contributed by atoms with van der Waals surface area (Å²) in [4.78, 5) is 2.06. The largest absolute Gasteiger partial charge is 0.329 e. The molecule has 1 saturated heterocycles. The average molecular weight is 226 g/mol. The molecule has 88 valence electrons. The fourth-order valence-electron chi connectivity index (χ4n) is 2.26. The summed E-state index contributed by atoms with van der Waals surface area (Å²) in [6.45, 7) is 1.74. The maximum absolute atomic E-state index is 13.4. The molecule has 1 aliphatic rings. The van der Waals surface area contributed by atoms with Gasteiger partial charge < -0.3 is 5.73 Å². The summed E-state index contributed by atoms with van der Waals surface area (Å²) in [5.74, 6) is -0.939. The third-order valence-corrected chi connectivity index (χ3v) is 3.19. The first-order valence-electron chi connectivity index (χ1n) is 5.59. The Labute approximate surface area is 94.0 Å². The van der Waals surface area contributed by atoms with E-state index in [2.05, 4.69) is 4.90 Å². The smallest absolute Gasteiger partial charge is 0.130 e. The normalized spacial score (nSPS) is 21.6. The molecule has 2 rings (SSSR count). The Hall–Kier alpha value is -1.00. The maximum Gasteiger partial charge on any atom is 0.130 e. The van der Waals surface area contributed by atoms with E-state index in [4.69, 9.17) is 5.73 Å². The molecular weight excluding hydrogens is 210 g/mol. The molecule has 0 saturated carbocycles. The molecule has 4 heteroatoms. The molecule has 0 spiro atoms. The van der Waals surface area contributed by atoms with E-state index in [-0.39, 0.29) is 11.6 Å². The third kappa shape index (κ3) is 2.23. The lowest BCUT2D eigenvalue weighted by molar-refractivity contribution is 0.243. The van der Waals surface area contributed by atoms with Crippen LogP contribution in [0.15, 0.2) is 18.2 Å². The summed E-state index contributed by atoms with van der Waals surface area (Å²) >= 11 is 0. The summed E-state index contributed by atoms with van der Waals surface area (Å²) in [5.41, 5.74) is 5.78. The number of hydrogen-bond donors (Lipinski definition) is 1. The van der Waals surface area contributed by atoms with Gasteiger partial charge in [-0.15, -0.1) is 0 Å². The molecule has 1 heterocycles. The number of benzene rings is 1. The minimum atomic E-state index is -0.470. The van der Waals surface area contributed by atoms with E-state index in [9.17, 15) is 8.78 Å². The van der Waals surface area contributed by atoms with Crippen LogP contribution in [0.5, 0.6) is 0 Å². The highest BCUT2D eigenvalue weighted by Gasteiger charge is 2.24. The lowest BCUT2D eigenvalue weighted by Crippen LogP contribution is -2.35. The van der Waals surface area contributed by atoms with Crippen LogP contribution in [0.1, 0.15) is 18.4 Å². The summed E-state index contributed by atoms with van der Waals surface area (Å²) in [7, 11) is 0. The quantitative estimate of drug-likeness (QED) is 0.852. The molecule has 1 atom stereocenters. The minimum absolute atomic E-state index is 0.155. The zero-order valence-corrected chi connectivity index (χ0v) is 9.13. The number of nitrogens with zero attached hydrogens (tertiary/aromatic N) is 1. The fraction of sp³-hybridized carbons (Fsp3) is 0.500. The molecule has 1 unspecified atom stereocenters. The number of hydrogen-bond acceptors (Lipinski definition) is 2. The van der Waals surface area contributed by atoms with Gasteiger partial charge in [0.1, 0.15) is 11.6 Å². The molecular formula is C12H16F2N2. The standard InChI is InChI=1S/C12H16F2N2/c13-11-4-1-5-12(14)10(11)8-16-6-2-3-9(16)7-15/h1,4-5,9H,2-3,6-8,15H2. The van der Waals surface area contributed by atoms with Crippen molar-refractivity contribution in [2.24, 2.45) is 5.73 Å². The first-order valence-corrected chi connectivity index (χ1v) is 5.59. The topological polar surface area (TPSA) is 29.3 Å². The van der Waals surface area contributed by atoms with E-state index >= 15 is 0 Å². The van der Waals surface area contributed by atoms with Crippen LogP contribution in [-0.4, -0.2) is 24.0 Å². The van der Waals surface area contributed by atoms with Gasteiger partial charge in [-0.25, -0.2) is 8.78 Å². The second-order valence-corrected chi connectivity index (χ2v) is 4.20. The summed E-state index contributed by atoms with van der Waals surface area (Å²) in [5, 5.41) is 0. The van der Waals surface area contributed by atoms with Crippen molar-refractivity contribution >= 4 is 0 Å². The Balaban J connectivity index is 2.14. The molecule has 2 N–H and O–H groups in total. The van der Waals surface area contributed by atoms with E-state index in [1.165, 1.54) is 18.2 Å². The number of halogens is 2. The van der Waals surface area contributed by atoms with Gasteiger partial charge in [0.15, 0.2) is 0 Å². The Morgan fingerprint density at radius 3 is 2.62 bits per heavy atom. The van der Waals surface area contributed by atoms with Crippen LogP contribution in [0.3, 0.4) is 0 Å². The van der Waals surface area contributed by atoms with Gasteiger partial charge in [-0.3, -0.25) is 4.90 Å². The van der Waals surface area contributed by atoms with Crippen molar-refractivity contribution in [2.75, 3.05) is 13.1 Å². The van der Waals surface area contributed by atoms with Crippen molar-refractivity contribution < 1.29 is 8.78 Å². The van der Waals surface area contributed by atoms with Crippen LogP contribution in [0.2, 0.25) is 0 Å². The monoisotopic (exact) mass is 226 g/mol. The highest BCUT2D eigenvalue weighted by atomic mass is 19.1. The molecule has 0 aliphatic carbocycles. The summed E-state index contributed by atoms with van der Waals surface area (Å²) < 4.78 is 26.9. The zero-order valence-electron chi connectivity index (χ0n) is 9.13. The lowest BCUT2D eigenvalue weighted by Gasteiger charge is -2.23. The van der Waals surface area contributed by atoms with Crippen LogP contribution >= 0.6 is 0 Å². The van der Waals surface area contributed by atoms with E-state index in [0.717, 1.165) is 19.4 Å². The Morgan fingerprint density at radius 2 is 2.00 bits per heavy atom. The zero-order chi connectivity index (χ0) is 11.5. The molecule has 1 aliphatic heterocycles. The molecule has 1 aromatic carbocycles. The van der Waals surface area contributed by atoms with Crippen molar-refractivity contribution in [3.8, 4) is 0 Å². The maximum atomic E-state index is 13.4. The second-order valence-electron chi connectivity index (χ2n) is 4.20. The summed E-state index contributed by atoms with van der Waals surface area (Å²) in [6, 6.07) is 4.25. The van der Waals surface area contributed by atoms with Crippen molar-refractivity contribution in [3.05, 3.63) is 35.4 Å². The average Bonchev–Trinajstić information content (AvgIpc) is 2.71. The van der Waals surface area contributed by atoms with Crippen molar-refractivity contribution in [2.45, 2.75) is 25.4 Å². The van der Waals surface area contributed by atoms with Crippen LogP contribution in [0, 0.1) is 11.6 Å². The van der Waals surface area contributed by atoms with Gasteiger partial charge in [0.2, 0.25) is 0 Å². The van der Waals surface area contributed by atoms with Crippen molar-refractivity contribution in [1.29, 1.82) is 0 Å². The van der Waals surface area contributed by atoms with Crippen LogP contribution < -0.4 is 5.73 Å². The van der Waals surface area contributed by atoms with E-state index < -0.39 is 11.6 Å². The Kier molecular flexibility index (Phi) is 3.51. The highest BCUT2D eigenvalue weighted by Crippen LogP contribution is 2.21. The summed E-state index contributed by atoms with van der Waals surface area (Å²) in [6.07, 6.45) is 2.07. The van der Waals surface area contributed by atoms with Gasteiger partial charge >= 0.3 is 0 Å². The van der Waals surface area contributed by atoms with Crippen molar-refractivity contribution in [3.63, 3.8) is 0 Å². The predicted octanol–water partition coefficient (Wildman–Crippen LogP) is 1.89. The fourth-order valence-corrected chi connectivity index (χ4v) is 2.26. The molecule has 2 nitrogen and oxygen atoms in total. The minimum Gasteiger partial charge on any atom is -0.329 e. The van der Waals surface area contributed by atoms with Gasteiger partial charge in [0.05, 0.1) is 0 Å². The third-order valence-electron chi connectivity index (χ3n) is 3.19. The van der Waals surface area contributed by atoms with E-state index in [1.807, 2.05) is 0 Å². The number of rotatable bonds is 3. The number of nitrogens with two attached hydrogens (primary N) is 1. The SMILES string of the molecule is NCC1CCCN1Cc1c(F)cccc1F. The lowest BCUT2D eigenvalue weighted by atomic mass is 10.1. The van der Waals surface area contributed by atoms with Crippen LogP contribution in [0.25, 0.3) is 0 Å². The Bertz CT molecular complexity index is 348. The van der Waals surface area contributed by atoms with Gasteiger partial charge in [0, 0.05) is 24.7 Å². The molecule has 0 bridgehead atoms. The molecule has 0 aromatic heterocycles. The van der Waals surface area contributed by atoms with Gasteiger partial charge in [-0.1, -0.05) is 6.07 Å². The van der Waals surface area contributed by atoms with Gasteiger partial charge in [-0.05, 0) is 31.5 Å². The second kappa shape index (κ2) is 4.89. The predicted molar refractivity (Wildman–Crippen MR) is 58.8 cm³/mol.